The van der Waals surface area contributed by atoms with E-state index in [0.717, 1.165) is 11.1 Å². The van der Waals surface area contributed by atoms with E-state index in [1.54, 1.807) is 6.08 Å². The topological polar surface area (TPSA) is 63.6 Å². The summed E-state index contributed by atoms with van der Waals surface area (Å²) in [6.45, 7) is 4.18. The van der Waals surface area contributed by atoms with Gasteiger partial charge in [-0.1, -0.05) is 42.0 Å². The van der Waals surface area contributed by atoms with E-state index in [2.05, 4.69) is 22.0 Å². The highest BCUT2D eigenvalue weighted by atomic mass is 16.2. The van der Waals surface area contributed by atoms with Crippen LogP contribution < -0.4 is 5.69 Å². The minimum atomic E-state index is -0.433. The number of hydrogen-bond donors (Lipinski definition) is 1. The van der Waals surface area contributed by atoms with E-state index in [1.165, 1.54) is 4.80 Å². The summed E-state index contributed by atoms with van der Waals surface area (Å²) in [6, 6.07) is 7.82. The summed E-state index contributed by atoms with van der Waals surface area (Å²) < 4.78 is 0. The highest BCUT2D eigenvalue weighted by molar-refractivity contribution is 5.47. The van der Waals surface area contributed by atoms with Crippen molar-refractivity contribution in [2.24, 2.45) is 0 Å². The maximum Gasteiger partial charge on any atom is 0.381 e. The molecule has 0 unspecified atom stereocenters. The van der Waals surface area contributed by atoms with Gasteiger partial charge in [0.05, 0.1) is 6.54 Å². The number of nitrogens with zero attached hydrogens (tertiary/aromatic N) is 3. The molecule has 1 aromatic carbocycles. The lowest BCUT2D eigenvalue weighted by Gasteiger charge is -2.00. The predicted molar refractivity (Wildman–Crippen MR) is 56.3 cm³/mol. The van der Waals surface area contributed by atoms with Crippen LogP contribution in [0.5, 0.6) is 0 Å². The van der Waals surface area contributed by atoms with E-state index in [0.29, 0.717) is 6.54 Å². The van der Waals surface area contributed by atoms with Crippen LogP contribution in [0.4, 0.5) is 0 Å². The molecule has 5 nitrogen and oxygen atoms in total. The van der Waals surface area contributed by atoms with Crippen LogP contribution in [-0.4, -0.2) is 20.2 Å². The number of aromatic amines is 1. The molecule has 15 heavy (non-hydrogen) atoms. The third kappa shape index (κ3) is 2.19. The molecule has 0 saturated carbocycles. The molecule has 0 aliphatic rings. The molecule has 0 aliphatic carbocycles. The Bertz CT molecular complexity index is 509. The zero-order valence-electron chi connectivity index (χ0n) is 8.05. The molecule has 0 fully saturated rings. The van der Waals surface area contributed by atoms with Gasteiger partial charge in [0.1, 0.15) is 0 Å². The van der Waals surface area contributed by atoms with Gasteiger partial charge in [0.25, 0.3) is 0 Å². The molecule has 2 aromatic rings. The average molecular weight is 202 g/mol. The van der Waals surface area contributed by atoms with Gasteiger partial charge >= 0.3 is 5.69 Å². The van der Waals surface area contributed by atoms with Crippen LogP contribution in [0.15, 0.2) is 35.6 Å². The van der Waals surface area contributed by atoms with Gasteiger partial charge in [0.15, 0.2) is 0 Å². The van der Waals surface area contributed by atoms with Crippen molar-refractivity contribution < 1.29 is 0 Å². The maximum absolute atomic E-state index is 10.7. The highest BCUT2D eigenvalue weighted by Crippen LogP contribution is 2.05. The van der Waals surface area contributed by atoms with Gasteiger partial charge < -0.3 is 0 Å². The van der Waals surface area contributed by atoms with E-state index >= 15 is 0 Å². The molecule has 0 saturated heterocycles. The fraction of sp³-hybridized carbons (Fsp3) is 0.100. The zero-order chi connectivity index (χ0) is 10.7. The summed E-state index contributed by atoms with van der Waals surface area (Å²) in [5.41, 5.74) is 1.67. The number of rotatable bonds is 3. The second-order valence-corrected chi connectivity index (χ2v) is 3.11. The molecule has 1 N–H and O–H groups in total. The fourth-order valence-corrected chi connectivity index (χ4v) is 1.25. The van der Waals surface area contributed by atoms with Crippen molar-refractivity contribution in [2.45, 2.75) is 6.54 Å². The monoisotopic (exact) mass is 202 g/mol. The van der Waals surface area contributed by atoms with Crippen LogP contribution >= 0.6 is 0 Å². The van der Waals surface area contributed by atoms with Crippen molar-refractivity contribution in [3.8, 4) is 0 Å². The molecule has 1 heterocycles. The van der Waals surface area contributed by atoms with Gasteiger partial charge in [0, 0.05) is 0 Å². The first-order valence-electron chi connectivity index (χ1n) is 4.49. The summed E-state index contributed by atoms with van der Waals surface area (Å²) in [4.78, 5) is 12.1. The van der Waals surface area contributed by atoms with Crippen LogP contribution in [-0.2, 0) is 6.54 Å². The van der Waals surface area contributed by atoms with E-state index < -0.39 is 5.69 Å². The SMILES string of the molecule is C=Cc1ccc(Cn2nnc(=O)[nH]2)cc1. The van der Waals surface area contributed by atoms with Crippen molar-refractivity contribution in [3.63, 3.8) is 0 Å². The molecule has 0 bridgehead atoms. The molecule has 0 aliphatic heterocycles. The van der Waals surface area contributed by atoms with Gasteiger partial charge in [-0.05, 0) is 16.3 Å². The normalized spacial score (nSPS) is 10.1. The number of H-pyrrole nitrogens is 1. The molecule has 0 amide bonds. The van der Waals surface area contributed by atoms with Crippen molar-refractivity contribution in [3.05, 3.63) is 52.5 Å². The third-order valence-electron chi connectivity index (χ3n) is 2.02. The predicted octanol–water partition coefficient (Wildman–Crippen LogP) is 0.658. The Labute approximate surface area is 86.0 Å². The molecule has 0 atom stereocenters. The number of aromatic nitrogens is 4. The number of hydrogen-bond acceptors (Lipinski definition) is 3. The molecule has 5 heteroatoms. The van der Waals surface area contributed by atoms with Crippen molar-refractivity contribution in [1.29, 1.82) is 0 Å². The van der Waals surface area contributed by atoms with Crippen LogP contribution in [0, 0.1) is 0 Å². The first-order chi connectivity index (χ1) is 7.28. The Balaban J connectivity index is 2.17. The van der Waals surface area contributed by atoms with Gasteiger partial charge in [-0.15, -0.1) is 0 Å². The lowest BCUT2D eigenvalue weighted by atomic mass is 10.1. The molecule has 2 rings (SSSR count). The summed E-state index contributed by atoms with van der Waals surface area (Å²) in [5, 5.41) is 9.44. The number of tetrazole rings is 1. The molecule has 1 aromatic heterocycles. The number of benzene rings is 1. The average Bonchev–Trinajstić information content (AvgIpc) is 2.65. The fourth-order valence-electron chi connectivity index (χ4n) is 1.25. The summed E-state index contributed by atoms with van der Waals surface area (Å²) in [7, 11) is 0. The Morgan fingerprint density at radius 3 is 2.67 bits per heavy atom. The second-order valence-electron chi connectivity index (χ2n) is 3.11. The van der Waals surface area contributed by atoms with Gasteiger partial charge in [-0.2, -0.15) is 4.80 Å². The van der Waals surface area contributed by atoms with E-state index in [4.69, 9.17) is 0 Å². The molecule has 0 radical (unpaired) electrons. The summed E-state index contributed by atoms with van der Waals surface area (Å²) >= 11 is 0. The first-order valence-corrected chi connectivity index (χ1v) is 4.49. The van der Waals surface area contributed by atoms with E-state index in [1.807, 2.05) is 24.3 Å². The van der Waals surface area contributed by atoms with Gasteiger partial charge in [0.2, 0.25) is 0 Å². The van der Waals surface area contributed by atoms with Gasteiger partial charge in [-0.3, -0.25) is 0 Å². The van der Waals surface area contributed by atoms with Crippen molar-refractivity contribution in [1.82, 2.24) is 20.2 Å². The smallest absolute Gasteiger partial charge is 0.242 e. The van der Waals surface area contributed by atoms with E-state index in [-0.39, 0.29) is 0 Å². The standard InChI is InChI=1S/C10H10N4O/c1-2-8-3-5-9(6-4-8)7-14-12-10(15)11-13-14/h2-6H,1,7H2,(H,12,15). The van der Waals surface area contributed by atoms with Crippen LogP contribution in [0.1, 0.15) is 11.1 Å². The lowest BCUT2D eigenvalue weighted by Crippen LogP contribution is -2.08. The molecular formula is C10H10N4O. The largest absolute Gasteiger partial charge is 0.381 e. The zero-order valence-corrected chi connectivity index (χ0v) is 8.05. The van der Waals surface area contributed by atoms with Crippen LogP contribution in [0.3, 0.4) is 0 Å². The Morgan fingerprint density at radius 2 is 2.13 bits per heavy atom. The van der Waals surface area contributed by atoms with Crippen molar-refractivity contribution >= 4 is 6.08 Å². The third-order valence-corrected chi connectivity index (χ3v) is 2.02. The Hall–Kier alpha value is -2.17. The summed E-state index contributed by atoms with van der Waals surface area (Å²) in [6.07, 6.45) is 1.78. The molecule has 76 valence electrons. The highest BCUT2D eigenvalue weighted by Gasteiger charge is 1.97. The number of nitrogens with one attached hydrogen (secondary N) is 1. The quantitative estimate of drug-likeness (QED) is 0.795. The van der Waals surface area contributed by atoms with E-state index in [9.17, 15) is 4.79 Å². The van der Waals surface area contributed by atoms with Crippen LogP contribution in [0.25, 0.3) is 6.08 Å². The second kappa shape index (κ2) is 3.91. The molecule has 0 spiro atoms. The Morgan fingerprint density at radius 1 is 1.40 bits per heavy atom. The van der Waals surface area contributed by atoms with Crippen LogP contribution in [0.2, 0.25) is 0 Å². The minimum Gasteiger partial charge on any atom is -0.242 e. The van der Waals surface area contributed by atoms with Crippen molar-refractivity contribution in [2.75, 3.05) is 0 Å². The lowest BCUT2D eigenvalue weighted by molar-refractivity contribution is 0.571. The summed E-state index contributed by atoms with van der Waals surface area (Å²) in [5.74, 6) is 0. The first kappa shape index (κ1) is 9.39. The minimum absolute atomic E-state index is 0.433. The molecular weight excluding hydrogens is 192 g/mol. The Kier molecular flexibility index (Phi) is 2.45. The maximum atomic E-state index is 10.7. The van der Waals surface area contributed by atoms with Gasteiger partial charge in [-0.25, -0.2) is 9.89 Å².